The lowest BCUT2D eigenvalue weighted by atomic mass is 9.90. The summed E-state index contributed by atoms with van der Waals surface area (Å²) in [5.74, 6) is 1.07. The molecule has 0 aromatic carbocycles. The maximum Gasteiger partial charge on any atom is 0.126 e. The van der Waals surface area contributed by atoms with Crippen LogP contribution in [-0.4, -0.2) is 24.6 Å². The van der Waals surface area contributed by atoms with Crippen molar-refractivity contribution in [2.24, 2.45) is 0 Å². The summed E-state index contributed by atoms with van der Waals surface area (Å²) in [5, 5.41) is 0. The third-order valence-electron chi connectivity index (χ3n) is 3.57. The second-order valence-corrected chi connectivity index (χ2v) is 5.41. The standard InChI is InChI=1S/C14H21NO.2ClH/c1-9-7-8-11-12(13(9)15(5)6)10(2)14(3,4)16-11;;/h8H,7H2,1-6H3;2*1H. The molecule has 2 nitrogen and oxygen atoms in total. The number of rotatable bonds is 1. The summed E-state index contributed by atoms with van der Waals surface area (Å²) in [5.41, 5.74) is 5.23. The normalized spacial score (nSPS) is 20.4. The number of hydrogen-bond donors (Lipinski definition) is 0. The van der Waals surface area contributed by atoms with Gasteiger partial charge in [0.05, 0.1) is 0 Å². The van der Waals surface area contributed by atoms with Gasteiger partial charge in [0.2, 0.25) is 0 Å². The number of nitrogens with zero attached hydrogens (tertiary/aromatic N) is 1. The Balaban J connectivity index is 0.00000144. The maximum atomic E-state index is 6.02. The first-order chi connectivity index (χ1) is 7.34. The highest BCUT2D eigenvalue weighted by atomic mass is 35.5. The van der Waals surface area contributed by atoms with Gasteiger partial charge < -0.3 is 9.64 Å². The van der Waals surface area contributed by atoms with Gasteiger partial charge in [-0.05, 0) is 51.3 Å². The van der Waals surface area contributed by atoms with Gasteiger partial charge in [0.15, 0.2) is 0 Å². The Kier molecular flexibility index (Phi) is 5.39. The van der Waals surface area contributed by atoms with Crippen LogP contribution in [0.2, 0.25) is 0 Å². The summed E-state index contributed by atoms with van der Waals surface area (Å²) in [6.45, 7) is 8.65. The van der Waals surface area contributed by atoms with Crippen LogP contribution in [0.25, 0.3) is 0 Å². The molecule has 4 heteroatoms. The monoisotopic (exact) mass is 291 g/mol. The first-order valence-electron chi connectivity index (χ1n) is 5.83. The highest BCUT2D eigenvalue weighted by Gasteiger charge is 2.38. The largest absolute Gasteiger partial charge is 0.483 e. The van der Waals surface area contributed by atoms with Gasteiger partial charge in [-0.3, -0.25) is 0 Å². The number of allylic oxidation sites excluding steroid dienone is 2. The molecule has 0 aromatic rings. The molecule has 0 spiro atoms. The van der Waals surface area contributed by atoms with Gasteiger partial charge in [-0.1, -0.05) is 0 Å². The Morgan fingerprint density at radius 2 is 1.72 bits per heavy atom. The van der Waals surface area contributed by atoms with E-state index in [9.17, 15) is 0 Å². The SMILES string of the molecule is CC1=C(N(C)C)C2=C(C)C(C)(C)OC2=CC1.Cl.Cl. The van der Waals surface area contributed by atoms with Crippen molar-refractivity contribution in [3.63, 3.8) is 0 Å². The predicted molar refractivity (Wildman–Crippen MR) is 81.4 cm³/mol. The van der Waals surface area contributed by atoms with Crippen molar-refractivity contribution in [3.05, 3.63) is 34.3 Å². The van der Waals surface area contributed by atoms with Gasteiger partial charge >= 0.3 is 0 Å². The summed E-state index contributed by atoms with van der Waals surface area (Å²) in [6.07, 6.45) is 3.20. The quantitative estimate of drug-likeness (QED) is 0.722. The summed E-state index contributed by atoms with van der Waals surface area (Å²) in [7, 11) is 4.21. The van der Waals surface area contributed by atoms with Crippen molar-refractivity contribution in [1.29, 1.82) is 0 Å². The molecule has 0 amide bonds. The van der Waals surface area contributed by atoms with Crippen molar-refractivity contribution in [1.82, 2.24) is 4.90 Å². The number of hydrogen-bond acceptors (Lipinski definition) is 2. The number of likely N-dealkylation sites (N-methyl/N-ethyl adjacent to an activating group) is 1. The van der Waals surface area contributed by atoms with E-state index in [2.05, 4.69) is 52.8 Å². The molecule has 1 aliphatic heterocycles. The minimum atomic E-state index is -0.160. The van der Waals surface area contributed by atoms with Crippen molar-refractivity contribution < 1.29 is 4.74 Å². The first kappa shape index (κ1) is 17.4. The lowest BCUT2D eigenvalue weighted by Gasteiger charge is -2.25. The molecular formula is C14H23Cl2NO. The van der Waals surface area contributed by atoms with Crippen LogP contribution in [0.15, 0.2) is 34.3 Å². The molecular weight excluding hydrogens is 269 g/mol. The third-order valence-corrected chi connectivity index (χ3v) is 3.57. The summed E-state index contributed by atoms with van der Waals surface area (Å²) < 4.78 is 6.02. The Hall–Kier alpha value is -0.600. The van der Waals surface area contributed by atoms with Crippen molar-refractivity contribution in [2.75, 3.05) is 14.1 Å². The van der Waals surface area contributed by atoms with E-state index in [0.717, 1.165) is 12.2 Å². The van der Waals surface area contributed by atoms with E-state index in [0.29, 0.717) is 0 Å². The zero-order valence-corrected chi connectivity index (χ0v) is 13.6. The molecule has 0 fully saturated rings. The summed E-state index contributed by atoms with van der Waals surface area (Å²) >= 11 is 0. The Morgan fingerprint density at radius 3 is 2.22 bits per heavy atom. The number of ether oxygens (including phenoxy) is 1. The van der Waals surface area contributed by atoms with Crippen molar-refractivity contribution in [3.8, 4) is 0 Å². The molecule has 0 radical (unpaired) electrons. The lowest BCUT2D eigenvalue weighted by Crippen LogP contribution is -2.20. The molecule has 0 saturated heterocycles. The Morgan fingerprint density at radius 1 is 1.17 bits per heavy atom. The second-order valence-electron chi connectivity index (χ2n) is 5.41. The molecule has 1 heterocycles. The maximum absolute atomic E-state index is 6.02. The van der Waals surface area contributed by atoms with Crippen LogP contribution in [0.5, 0.6) is 0 Å². The molecule has 0 bridgehead atoms. The van der Waals surface area contributed by atoms with Gasteiger partial charge in [-0.2, -0.15) is 0 Å². The fourth-order valence-electron chi connectivity index (χ4n) is 2.49. The van der Waals surface area contributed by atoms with Crippen LogP contribution in [0, 0.1) is 0 Å². The van der Waals surface area contributed by atoms with Crippen molar-refractivity contribution >= 4 is 24.8 Å². The number of fused-ring (bicyclic) bond motifs is 1. The van der Waals surface area contributed by atoms with Crippen LogP contribution in [0.1, 0.15) is 34.1 Å². The molecule has 0 unspecified atom stereocenters. The highest BCUT2D eigenvalue weighted by Crippen LogP contribution is 2.45. The Bertz CT molecular complexity index is 431. The van der Waals surface area contributed by atoms with E-state index < -0.39 is 0 Å². The minimum absolute atomic E-state index is 0. The minimum Gasteiger partial charge on any atom is -0.483 e. The fraction of sp³-hybridized carbons (Fsp3) is 0.571. The van der Waals surface area contributed by atoms with Crippen LogP contribution < -0.4 is 0 Å². The fourth-order valence-corrected chi connectivity index (χ4v) is 2.49. The molecule has 0 saturated carbocycles. The smallest absolute Gasteiger partial charge is 0.126 e. The highest BCUT2D eigenvalue weighted by molar-refractivity contribution is 5.85. The van der Waals surface area contributed by atoms with Crippen LogP contribution in [0.4, 0.5) is 0 Å². The zero-order chi connectivity index (χ0) is 12.1. The van der Waals surface area contributed by atoms with E-state index in [4.69, 9.17) is 4.74 Å². The second kappa shape index (κ2) is 5.58. The lowest BCUT2D eigenvalue weighted by molar-refractivity contribution is 0.0924. The van der Waals surface area contributed by atoms with Crippen LogP contribution in [-0.2, 0) is 4.74 Å². The van der Waals surface area contributed by atoms with Gasteiger partial charge in [0.1, 0.15) is 11.4 Å². The van der Waals surface area contributed by atoms with Gasteiger partial charge in [0, 0.05) is 25.4 Å². The molecule has 2 rings (SSSR count). The van der Waals surface area contributed by atoms with E-state index in [-0.39, 0.29) is 30.4 Å². The Labute approximate surface area is 123 Å². The number of halogens is 2. The van der Waals surface area contributed by atoms with Crippen LogP contribution in [0.3, 0.4) is 0 Å². The zero-order valence-electron chi connectivity index (χ0n) is 12.0. The van der Waals surface area contributed by atoms with E-state index >= 15 is 0 Å². The van der Waals surface area contributed by atoms with Gasteiger partial charge in [-0.15, -0.1) is 24.8 Å². The topological polar surface area (TPSA) is 12.5 Å². The molecule has 104 valence electrons. The van der Waals surface area contributed by atoms with E-state index in [1.165, 1.54) is 22.4 Å². The summed E-state index contributed by atoms with van der Waals surface area (Å²) in [4.78, 5) is 2.20. The van der Waals surface area contributed by atoms with Crippen LogP contribution >= 0.6 is 24.8 Å². The summed E-state index contributed by atoms with van der Waals surface area (Å²) in [6, 6.07) is 0. The van der Waals surface area contributed by atoms with E-state index in [1.54, 1.807) is 0 Å². The predicted octanol–water partition coefficient (Wildman–Crippen LogP) is 4.08. The molecule has 2 aliphatic rings. The van der Waals surface area contributed by atoms with E-state index in [1.807, 2.05) is 0 Å². The average molecular weight is 292 g/mol. The van der Waals surface area contributed by atoms with Gasteiger partial charge in [0.25, 0.3) is 0 Å². The molecule has 1 aliphatic carbocycles. The molecule has 0 aromatic heterocycles. The first-order valence-corrected chi connectivity index (χ1v) is 5.83. The molecule has 0 N–H and O–H groups in total. The molecule has 0 atom stereocenters. The average Bonchev–Trinajstić information content (AvgIpc) is 2.39. The van der Waals surface area contributed by atoms with Crippen molar-refractivity contribution in [2.45, 2.75) is 39.7 Å². The third kappa shape index (κ3) is 2.55. The van der Waals surface area contributed by atoms with Gasteiger partial charge in [-0.25, -0.2) is 0 Å². The molecule has 18 heavy (non-hydrogen) atoms.